The number of nitrogen functional groups attached to an aromatic ring is 1. The molecule has 2 aromatic carbocycles. The molecule has 0 fully saturated rings. The van der Waals surface area contributed by atoms with E-state index in [2.05, 4.69) is 12.1 Å². The van der Waals surface area contributed by atoms with Crippen LogP contribution in [0.15, 0.2) is 48.5 Å². The van der Waals surface area contributed by atoms with Gasteiger partial charge in [0.1, 0.15) is 0 Å². The van der Waals surface area contributed by atoms with E-state index in [1.165, 1.54) is 16.7 Å². The van der Waals surface area contributed by atoms with Crippen LogP contribution in [0.3, 0.4) is 0 Å². The smallest absolute Gasteiger partial charge is 0.0314 e. The van der Waals surface area contributed by atoms with Gasteiger partial charge < -0.3 is 5.73 Å². The number of hydrogen-bond acceptors (Lipinski definition) is 1. The Hall–Kier alpha value is -1.47. The molecule has 0 heterocycles. The van der Waals surface area contributed by atoms with E-state index >= 15 is 0 Å². The number of aryl methyl sites for hydroxylation is 1. The third-order valence-electron chi connectivity index (χ3n) is 2.60. The van der Waals surface area contributed by atoms with E-state index in [-0.39, 0.29) is 0 Å². The summed E-state index contributed by atoms with van der Waals surface area (Å²) in [5.41, 5.74) is 10.2. The molecule has 82 valence electrons. The summed E-state index contributed by atoms with van der Waals surface area (Å²) in [4.78, 5) is 0. The van der Waals surface area contributed by atoms with E-state index in [1.54, 1.807) is 0 Å². The summed E-state index contributed by atoms with van der Waals surface area (Å²) in [6.45, 7) is 0. The quantitative estimate of drug-likeness (QED) is 0.633. The summed E-state index contributed by atoms with van der Waals surface area (Å²) >= 11 is 5.80. The Morgan fingerprint density at radius 2 is 1.62 bits per heavy atom. The van der Waals surface area contributed by atoms with Crippen LogP contribution in [-0.4, -0.2) is 5.88 Å². The van der Waals surface area contributed by atoms with Crippen LogP contribution >= 0.6 is 11.6 Å². The van der Waals surface area contributed by atoms with Gasteiger partial charge in [-0.05, 0) is 35.2 Å². The summed E-state index contributed by atoms with van der Waals surface area (Å²) in [6, 6.07) is 16.3. The Balaban J connectivity index is 2.42. The molecular weight excluding hydrogens is 218 g/mol. The Morgan fingerprint density at radius 3 is 2.31 bits per heavy atom. The van der Waals surface area contributed by atoms with Crippen LogP contribution in [0.4, 0.5) is 5.69 Å². The van der Waals surface area contributed by atoms with Crippen molar-refractivity contribution in [2.45, 2.75) is 6.42 Å². The predicted molar refractivity (Wildman–Crippen MR) is 70.7 cm³/mol. The standard InChI is InChI=1S/C14H14ClN/c15-10-9-11-3-1-2-4-14(11)12-5-7-13(16)8-6-12/h1-8H,9-10,16H2. The Labute approximate surface area is 101 Å². The fourth-order valence-corrected chi connectivity index (χ4v) is 1.99. The lowest BCUT2D eigenvalue weighted by molar-refractivity contribution is 1.15. The van der Waals surface area contributed by atoms with Crippen molar-refractivity contribution >= 4 is 17.3 Å². The number of alkyl halides is 1. The molecule has 0 aliphatic heterocycles. The summed E-state index contributed by atoms with van der Waals surface area (Å²) in [5.74, 6) is 0.645. The minimum atomic E-state index is 0.645. The first-order valence-electron chi connectivity index (χ1n) is 5.31. The molecule has 0 aliphatic rings. The average molecular weight is 232 g/mol. The van der Waals surface area contributed by atoms with E-state index in [1.807, 2.05) is 36.4 Å². The number of halogens is 1. The first-order valence-corrected chi connectivity index (χ1v) is 5.84. The molecule has 0 aliphatic carbocycles. The maximum Gasteiger partial charge on any atom is 0.0314 e. The van der Waals surface area contributed by atoms with Gasteiger partial charge >= 0.3 is 0 Å². The highest BCUT2D eigenvalue weighted by Crippen LogP contribution is 2.25. The highest BCUT2D eigenvalue weighted by Gasteiger charge is 2.03. The zero-order chi connectivity index (χ0) is 11.4. The van der Waals surface area contributed by atoms with Crippen molar-refractivity contribution in [3.8, 4) is 11.1 Å². The SMILES string of the molecule is Nc1ccc(-c2ccccc2CCCl)cc1. The molecule has 0 amide bonds. The monoisotopic (exact) mass is 231 g/mol. The second kappa shape index (κ2) is 5.04. The molecule has 16 heavy (non-hydrogen) atoms. The van der Waals surface area contributed by atoms with E-state index in [0.29, 0.717) is 5.88 Å². The predicted octanol–water partition coefficient (Wildman–Crippen LogP) is 3.72. The fourth-order valence-electron chi connectivity index (χ4n) is 1.78. The molecule has 0 radical (unpaired) electrons. The molecule has 2 aromatic rings. The molecule has 0 atom stereocenters. The molecule has 2 rings (SSSR count). The number of rotatable bonds is 3. The van der Waals surface area contributed by atoms with Gasteiger partial charge in [0.15, 0.2) is 0 Å². The van der Waals surface area contributed by atoms with Crippen molar-refractivity contribution in [1.29, 1.82) is 0 Å². The maximum atomic E-state index is 5.80. The molecule has 0 bridgehead atoms. The average Bonchev–Trinajstić information content (AvgIpc) is 2.32. The molecule has 0 saturated carbocycles. The first kappa shape index (κ1) is 11.0. The normalized spacial score (nSPS) is 10.3. The number of hydrogen-bond donors (Lipinski definition) is 1. The third-order valence-corrected chi connectivity index (χ3v) is 2.79. The lowest BCUT2D eigenvalue weighted by Crippen LogP contribution is -1.91. The van der Waals surface area contributed by atoms with Crippen LogP contribution in [-0.2, 0) is 6.42 Å². The van der Waals surface area contributed by atoms with Gasteiger partial charge in [-0.1, -0.05) is 36.4 Å². The van der Waals surface area contributed by atoms with Gasteiger partial charge in [0.25, 0.3) is 0 Å². The molecule has 0 saturated heterocycles. The minimum absolute atomic E-state index is 0.645. The Kier molecular flexibility index (Phi) is 3.47. The van der Waals surface area contributed by atoms with Crippen molar-refractivity contribution in [2.75, 3.05) is 11.6 Å². The fraction of sp³-hybridized carbons (Fsp3) is 0.143. The van der Waals surface area contributed by atoms with Crippen molar-refractivity contribution in [2.24, 2.45) is 0 Å². The molecule has 0 aromatic heterocycles. The van der Waals surface area contributed by atoms with Gasteiger partial charge in [-0.25, -0.2) is 0 Å². The van der Waals surface area contributed by atoms with E-state index in [4.69, 9.17) is 17.3 Å². The first-order chi connectivity index (χ1) is 7.81. The molecule has 0 spiro atoms. The van der Waals surface area contributed by atoms with Crippen molar-refractivity contribution in [3.05, 3.63) is 54.1 Å². The highest BCUT2D eigenvalue weighted by molar-refractivity contribution is 6.18. The van der Waals surface area contributed by atoms with Crippen molar-refractivity contribution in [1.82, 2.24) is 0 Å². The van der Waals surface area contributed by atoms with Crippen LogP contribution in [0.2, 0.25) is 0 Å². The number of benzene rings is 2. The molecule has 0 unspecified atom stereocenters. The third kappa shape index (κ3) is 2.37. The zero-order valence-corrected chi connectivity index (χ0v) is 9.74. The van der Waals surface area contributed by atoms with Crippen LogP contribution < -0.4 is 5.73 Å². The number of anilines is 1. The summed E-state index contributed by atoms with van der Waals surface area (Å²) < 4.78 is 0. The second-order valence-corrected chi connectivity index (χ2v) is 4.10. The van der Waals surface area contributed by atoms with Gasteiger partial charge in [-0.3, -0.25) is 0 Å². The molecular formula is C14H14ClN. The van der Waals surface area contributed by atoms with Gasteiger partial charge in [0.2, 0.25) is 0 Å². The minimum Gasteiger partial charge on any atom is -0.399 e. The highest BCUT2D eigenvalue weighted by atomic mass is 35.5. The van der Waals surface area contributed by atoms with Gasteiger partial charge in [0.05, 0.1) is 0 Å². The number of nitrogens with two attached hydrogens (primary N) is 1. The molecule has 1 nitrogen and oxygen atoms in total. The summed E-state index contributed by atoms with van der Waals surface area (Å²) in [6.07, 6.45) is 0.891. The van der Waals surface area contributed by atoms with E-state index < -0.39 is 0 Å². The molecule has 2 N–H and O–H groups in total. The van der Waals surface area contributed by atoms with E-state index in [9.17, 15) is 0 Å². The van der Waals surface area contributed by atoms with Gasteiger partial charge in [-0.2, -0.15) is 0 Å². The lowest BCUT2D eigenvalue weighted by atomic mass is 9.98. The summed E-state index contributed by atoms with van der Waals surface area (Å²) in [5, 5.41) is 0. The largest absolute Gasteiger partial charge is 0.399 e. The van der Waals surface area contributed by atoms with Gasteiger partial charge in [0, 0.05) is 11.6 Å². The Bertz CT molecular complexity index is 462. The summed E-state index contributed by atoms with van der Waals surface area (Å²) in [7, 11) is 0. The van der Waals surface area contributed by atoms with Gasteiger partial charge in [-0.15, -0.1) is 11.6 Å². The van der Waals surface area contributed by atoms with Crippen LogP contribution in [0, 0.1) is 0 Å². The topological polar surface area (TPSA) is 26.0 Å². The van der Waals surface area contributed by atoms with Crippen LogP contribution in [0.25, 0.3) is 11.1 Å². The van der Waals surface area contributed by atoms with Crippen LogP contribution in [0.5, 0.6) is 0 Å². The zero-order valence-electron chi connectivity index (χ0n) is 8.99. The van der Waals surface area contributed by atoms with Crippen LogP contribution in [0.1, 0.15) is 5.56 Å². The second-order valence-electron chi connectivity index (χ2n) is 3.72. The lowest BCUT2D eigenvalue weighted by Gasteiger charge is -2.08. The van der Waals surface area contributed by atoms with Crippen molar-refractivity contribution < 1.29 is 0 Å². The maximum absolute atomic E-state index is 5.80. The Morgan fingerprint density at radius 1 is 0.938 bits per heavy atom. The van der Waals surface area contributed by atoms with E-state index in [0.717, 1.165) is 12.1 Å². The van der Waals surface area contributed by atoms with Crippen molar-refractivity contribution in [3.63, 3.8) is 0 Å². The molecule has 2 heteroatoms.